The van der Waals surface area contributed by atoms with Gasteiger partial charge in [0.1, 0.15) is 5.75 Å². The first-order valence-electron chi connectivity index (χ1n) is 10.8. The molecule has 0 aromatic heterocycles. The summed E-state index contributed by atoms with van der Waals surface area (Å²) in [5.41, 5.74) is 2.84. The minimum atomic E-state index is 0.461. The Morgan fingerprint density at radius 3 is 2.04 bits per heavy atom. The number of hydrogen-bond acceptors (Lipinski definition) is 2. The highest BCUT2D eigenvalue weighted by atomic mass is 16.5. The molecule has 2 heterocycles. The van der Waals surface area contributed by atoms with E-state index >= 15 is 0 Å². The van der Waals surface area contributed by atoms with Gasteiger partial charge in [-0.15, -0.1) is 0 Å². The van der Waals surface area contributed by atoms with Gasteiger partial charge in [0.2, 0.25) is 0 Å². The first-order valence-corrected chi connectivity index (χ1v) is 10.8. The van der Waals surface area contributed by atoms with Crippen molar-refractivity contribution in [3.8, 4) is 5.75 Å². The van der Waals surface area contributed by atoms with Gasteiger partial charge in [-0.3, -0.25) is 0 Å². The summed E-state index contributed by atoms with van der Waals surface area (Å²) in [6.45, 7) is 6.61. The highest BCUT2D eigenvalue weighted by Crippen LogP contribution is 2.35. The molecule has 2 nitrogen and oxygen atoms in total. The molecule has 3 fully saturated rings. The second-order valence-corrected chi connectivity index (χ2v) is 8.40. The van der Waals surface area contributed by atoms with Gasteiger partial charge >= 0.3 is 0 Å². The average molecular weight is 364 g/mol. The van der Waals surface area contributed by atoms with Crippen molar-refractivity contribution in [3.05, 3.63) is 65.7 Å². The van der Waals surface area contributed by atoms with Crippen molar-refractivity contribution in [1.82, 2.24) is 4.90 Å². The monoisotopic (exact) mass is 363 g/mol. The van der Waals surface area contributed by atoms with Crippen LogP contribution in [0, 0.1) is 11.8 Å². The highest BCUT2D eigenvalue weighted by Gasteiger charge is 2.29. The number of fused-ring (bicyclic) bond motifs is 4. The summed E-state index contributed by atoms with van der Waals surface area (Å²) in [5.74, 6) is 3.33. The van der Waals surface area contributed by atoms with Gasteiger partial charge in [0.25, 0.3) is 0 Å². The van der Waals surface area contributed by atoms with Gasteiger partial charge in [-0.1, -0.05) is 42.5 Å². The standard InChI is InChI=1S/C25H33NO/c1-2-27-24-14-12-23(13-15-24)25(22-6-4-3-5-7-22)16-17-26-18-20-8-9-21(19-26)11-10-20/h3-7,12-15,20-21,25H,2,8-11,16-19H2,1H3/t20?,21?,25-/m1/s1. The molecule has 0 N–H and O–H groups in total. The van der Waals surface area contributed by atoms with Crippen LogP contribution in [-0.2, 0) is 0 Å². The zero-order chi connectivity index (χ0) is 18.5. The van der Waals surface area contributed by atoms with E-state index in [4.69, 9.17) is 4.74 Å². The van der Waals surface area contributed by atoms with Gasteiger partial charge in [-0.2, -0.15) is 0 Å². The van der Waals surface area contributed by atoms with Crippen LogP contribution in [0.1, 0.15) is 56.1 Å². The Morgan fingerprint density at radius 2 is 1.44 bits per heavy atom. The van der Waals surface area contributed by atoms with Crippen LogP contribution in [0.2, 0.25) is 0 Å². The summed E-state index contributed by atoms with van der Waals surface area (Å²) < 4.78 is 5.64. The molecule has 0 amide bonds. The lowest BCUT2D eigenvalue weighted by atomic mass is 9.84. The Hall–Kier alpha value is -1.80. The molecule has 2 aliphatic heterocycles. The predicted octanol–water partition coefficient (Wildman–Crippen LogP) is 5.73. The zero-order valence-electron chi connectivity index (χ0n) is 16.6. The van der Waals surface area contributed by atoms with Crippen molar-refractivity contribution in [2.75, 3.05) is 26.2 Å². The fourth-order valence-corrected chi connectivity index (χ4v) is 5.07. The lowest BCUT2D eigenvalue weighted by molar-refractivity contribution is 0.246. The van der Waals surface area contributed by atoms with Crippen LogP contribution in [-0.4, -0.2) is 31.1 Å². The van der Waals surface area contributed by atoms with E-state index in [0.29, 0.717) is 5.92 Å². The van der Waals surface area contributed by atoms with E-state index in [9.17, 15) is 0 Å². The van der Waals surface area contributed by atoms with Crippen LogP contribution in [0.4, 0.5) is 0 Å². The molecule has 1 atom stereocenters. The normalized spacial score (nSPS) is 23.7. The molecule has 1 saturated carbocycles. The van der Waals surface area contributed by atoms with Gasteiger partial charge < -0.3 is 9.64 Å². The van der Waals surface area contributed by atoms with E-state index in [1.165, 1.54) is 62.9 Å². The first-order chi connectivity index (χ1) is 13.3. The van der Waals surface area contributed by atoms with E-state index in [2.05, 4.69) is 59.5 Å². The smallest absolute Gasteiger partial charge is 0.119 e. The molecule has 144 valence electrons. The third-order valence-electron chi connectivity index (χ3n) is 6.53. The quantitative estimate of drug-likeness (QED) is 0.623. The molecule has 0 radical (unpaired) electrons. The maximum absolute atomic E-state index is 5.64. The topological polar surface area (TPSA) is 12.5 Å². The van der Waals surface area contributed by atoms with E-state index in [0.717, 1.165) is 24.2 Å². The molecule has 1 aliphatic carbocycles. The molecule has 2 saturated heterocycles. The van der Waals surface area contributed by atoms with Crippen molar-refractivity contribution in [2.24, 2.45) is 11.8 Å². The molecule has 27 heavy (non-hydrogen) atoms. The molecule has 2 aromatic rings. The Kier molecular flexibility index (Phi) is 6.14. The summed E-state index contributed by atoms with van der Waals surface area (Å²) in [7, 11) is 0. The van der Waals surface area contributed by atoms with Gasteiger partial charge in [0, 0.05) is 19.0 Å². The van der Waals surface area contributed by atoms with Crippen LogP contribution >= 0.6 is 0 Å². The molecule has 2 bridgehead atoms. The van der Waals surface area contributed by atoms with Crippen LogP contribution in [0.25, 0.3) is 0 Å². The Morgan fingerprint density at radius 1 is 0.852 bits per heavy atom. The molecule has 2 heteroatoms. The summed E-state index contributed by atoms with van der Waals surface area (Å²) >= 11 is 0. The summed E-state index contributed by atoms with van der Waals surface area (Å²) in [5, 5.41) is 0. The summed E-state index contributed by atoms with van der Waals surface area (Å²) in [6.07, 6.45) is 7.03. The van der Waals surface area contributed by atoms with Crippen molar-refractivity contribution < 1.29 is 4.74 Å². The molecule has 3 aliphatic rings. The van der Waals surface area contributed by atoms with Crippen molar-refractivity contribution in [1.29, 1.82) is 0 Å². The van der Waals surface area contributed by atoms with Gasteiger partial charge in [0.15, 0.2) is 0 Å². The number of nitrogens with zero attached hydrogens (tertiary/aromatic N) is 1. The third kappa shape index (κ3) is 4.73. The van der Waals surface area contributed by atoms with Gasteiger partial charge in [-0.25, -0.2) is 0 Å². The number of benzene rings is 2. The molecular weight excluding hydrogens is 330 g/mol. The fraction of sp³-hybridized carbons (Fsp3) is 0.520. The van der Waals surface area contributed by atoms with E-state index in [1.54, 1.807) is 0 Å². The van der Waals surface area contributed by atoms with Crippen LogP contribution in [0.15, 0.2) is 54.6 Å². The second kappa shape index (κ2) is 8.93. The summed E-state index contributed by atoms with van der Waals surface area (Å²) in [4.78, 5) is 2.76. The van der Waals surface area contributed by atoms with Crippen LogP contribution in [0.5, 0.6) is 5.75 Å². The maximum atomic E-state index is 5.64. The minimum absolute atomic E-state index is 0.461. The van der Waals surface area contributed by atoms with Gasteiger partial charge in [0.05, 0.1) is 6.61 Å². The van der Waals surface area contributed by atoms with Crippen LogP contribution < -0.4 is 4.74 Å². The van der Waals surface area contributed by atoms with Crippen LogP contribution in [0.3, 0.4) is 0 Å². The summed E-state index contributed by atoms with van der Waals surface area (Å²) in [6, 6.07) is 19.8. The molecule has 2 aromatic carbocycles. The lowest BCUT2D eigenvalue weighted by Crippen LogP contribution is -2.30. The number of ether oxygens (including phenoxy) is 1. The Balaban J connectivity index is 1.48. The molecular formula is C25H33NO. The number of hydrogen-bond donors (Lipinski definition) is 0. The van der Waals surface area contributed by atoms with Crippen molar-refractivity contribution in [3.63, 3.8) is 0 Å². The van der Waals surface area contributed by atoms with E-state index in [-0.39, 0.29) is 0 Å². The largest absolute Gasteiger partial charge is 0.494 e. The number of rotatable bonds is 7. The Bertz CT molecular complexity index is 674. The van der Waals surface area contributed by atoms with Crippen molar-refractivity contribution in [2.45, 2.75) is 44.9 Å². The minimum Gasteiger partial charge on any atom is -0.494 e. The van der Waals surface area contributed by atoms with Crippen molar-refractivity contribution >= 4 is 0 Å². The molecule has 5 rings (SSSR count). The van der Waals surface area contributed by atoms with Gasteiger partial charge in [-0.05, 0) is 80.7 Å². The zero-order valence-corrected chi connectivity index (χ0v) is 16.6. The highest BCUT2D eigenvalue weighted by molar-refractivity contribution is 5.36. The maximum Gasteiger partial charge on any atom is 0.119 e. The SMILES string of the molecule is CCOc1ccc([C@H](CCN2CC3CCC(CC3)C2)c2ccccc2)cc1. The lowest BCUT2D eigenvalue weighted by Gasteiger charge is -2.26. The molecule has 0 spiro atoms. The molecule has 0 unspecified atom stereocenters. The van der Waals surface area contributed by atoms with E-state index < -0.39 is 0 Å². The third-order valence-corrected chi connectivity index (χ3v) is 6.53. The fourth-order valence-electron chi connectivity index (χ4n) is 5.07. The Labute approximate surface area is 164 Å². The first kappa shape index (κ1) is 18.6. The predicted molar refractivity (Wildman–Crippen MR) is 112 cm³/mol. The average Bonchev–Trinajstić information content (AvgIpc) is 3.03. The van der Waals surface area contributed by atoms with E-state index in [1.807, 2.05) is 6.92 Å². The second-order valence-electron chi connectivity index (χ2n) is 8.40.